The van der Waals surface area contributed by atoms with Crippen LogP contribution in [0.3, 0.4) is 0 Å². The van der Waals surface area contributed by atoms with Crippen molar-refractivity contribution >= 4 is 23.4 Å². The van der Waals surface area contributed by atoms with Gasteiger partial charge < -0.3 is 4.74 Å². The van der Waals surface area contributed by atoms with Crippen LogP contribution in [0.5, 0.6) is 0 Å². The summed E-state index contributed by atoms with van der Waals surface area (Å²) in [4.78, 5) is 4.29. The van der Waals surface area contributed by atoms with Crippen LogP contribution in [-0.2, 0) is 16.9 Å². The van der Waals surface area contributed by atoms with Crippen LogP contribution in [0, 0.1) is 11.6 Å². The van der Waals surface area contributed by atoms with E-state index in [1.807, 2.05) is 18.2 Å². The molecule has 0 spiro atoms. The van der Waals surface area contributed by atoms with E-state index in [0.29, 0.717) is 15.4 Å². The number of halogens is 3. The van der Waals surface area contributed by atoms with Crippen LogP contribution in [0.1, 0.15) is 31.1 Å². The van der Waals surface area contributed by atoms with E-state index in [1.165, 1.54) is 18.5 Å². The van der Waals surface area contributed by atoms with E-state index in [-0.39, 0.29) is 12.1 Å². The molecule has 2 heterocycles. The number of aromatic nitrogens is 3. The van der Waals surface area contributed by atoms with Gasteiger partial charge in [0, 0.05) is 27.5 Å². The topological polar surface area (TPSA) is 43.2 Å². The first-order valence-corrected chi connectivity index (χ1v) is 10.1. The zero-order valence-corrected chi connectivity index (χ0v) is 16.8. The fourth-order valence-electron chi connectivity index (χ4n) is 3.31. The average molecular weight is 422 g/mol. The van der Waals surface area contributed by atoms with Crippen molar-refractivity contribution in [3.63, 3.8) is 0 Å². The summed E-state index contributed by atoms with van der Waals surface area (Å²) < 4.78 is 36.0. The maximum absolute atomic E-state index is 14.7. The van der Waals surface area contributed by atoms with Gasteiger partial charge in [0.15, 0.2) is 5.16 Å². The van der Waals surface area contributed by atoms with Crippen LogP contribution in [0.2, 0.25) is 5.02 Å². The van der Waals surface area contributed by atoms with Gasteiger partial charge in [-0.25, -0.2) is 18.4 Å². The fourth-order valence-corrected chi connectivity index (χ4v) is 4.31. The molecule has 4 nitrogen and oxygen atoms in total. The molecule has 2 aromatic carbocycles. The summed E-state index contributed by atoms with van der Waals surface area (Å²) in [6, 6.07) is 10.8. The fraction of sp³-hybridized carbons (Fsp3) is 0.300. The lowest BCUT2D eigenvalue weighted by Gasteiger charge is -2.17. The smallest absolute Gasteiger partial charge is 0.186 e. The van der Waals surface area contributed by atoms with E-state index in [9.17, 15) is 8.78 Å². The van der Waals surface area contributed by atoms with E-state index in [0.717, 1.165) is 11.6 Å². The summed E-state index contributed by atoms with van der Waals surface area (Å²) >= 11 is 7.90. The first-order chi connectivity index (χ1) is 13.4. The van der Waals surface area contributed by atoms with Crippen LogP contribution in [0.15, 0.2) is 53.9 Å². The van der Waals surface area contributed by atoms with Gasteiger partial charge in [-0.05, 0) is 12.1 Å². The van der Waals surface area contributed by atoms with Crippen molar-refractivity contribution in [3.8, 4) is 0 Å². The Labute approximate surface area is 170 Å². The van der Waals surface area contributed by atoms with E-state index >= 15 is 0 Å². The van der Waals surface area contributed by atoms with Crippen molar-refractivity contribution in [3.05, 3.63) is 76.6 Å². The van der Waals surface area contributed by atoms with E-state index in [1.54, 1.807) is 22.5 Å². The summed E-state index contributed by atoms with van der Waals surface area (Å²) in [7, 11) is 0. The summed E-state index contributed by atoms with van der Waals surface area (Å²) in [5.74, 6) is -1.30. The molecule has 3 aromatic rings. The van der Waals surface area contributed by atoms with Gasteiger partial charge in [-0.1, -0.05) is 61.5 Å². The van der Waals surface area contributed by atoms with Crippen LogP contribution in [-0.4, -0.2) is 20.0 Å². The molecule has 8 heteroatoms. The quantitative estimate of drug-likeness (QED) is 0.396. The number of ether oxygens (including phenoxy) is 1. The van der Waals surface area contributed by atoms with Crippen molar-refractivity contribution in [1.29, 1.82) is 0 Å². The molecular formula is C20H18ClF2N3OS. The van der Waals surface area contributed by atoms with Crippen molar-refractivity contribution in [1.82, 2.24) is 14.8 Å². The lowest BCUT2D eigenvalue weighted by atomic mass is 9.91. The van der Waals surface area contributed by atoms with Crippen molar-refractivity contribution in [2.75, 3.05) is 0 Å². The highest BCUT2D eigenvalue weighted by Crippen LogP contribution is 2.59. The van der Waals surface area contributed by atoms with Gasteiger partial charge in [-0.3, -0.25) is 0 Å². The predicted octanol–water partition coefficient (Wildman–Crippen LogP) is 5.38. The van der Waals surface area contributed by atoms with Crippen LogP contribution < -0.4 is 0 Å². The Hall–Kier alpha value is -1.96. The second kappa shape index (κ2) is 7.46. The first kappa shape index (κ1) is 19.4. The van der Waals surface area contributed by atoms with Crippen molar-refractivity contribution in [2.24, 2.45) is 0 Å². The van der Waals surface area contributed by atoms with Crippen LogP contribution >= 0.6 is 23.4 Å². The Balaban J connectivity index is 1.76. The Morgan fingerprint density at radius 3 is 2.75 bits per heavy atom. The Morgan fingerprint density at radius 1 is 1.25 bits per heavy atom. The molecule has 0 saturated carbocycles. The molecule has 0 bridgehead atoms. The lowest BCUT2D eigenvalue weighted by molar-refractivity contribution is 0.250. The average Bonchev–Trinajstić information content (AvgIpc) is 3.18. The Kier molecular flexibility index (Phi) is 5.16. The minimum Gasteiger partial charge on any atom is -0.354 e. The molecule has 0 unspecified atom stereocenters. The van der Waals surface area contributed by atoms with Gasteiger partial charge in [0.05, 0.1) is 6.54 Å². The van der Waals surface area contributed by atoms with E-state index < -0.39 is 23.3 Å². The maximum atomic E-state index is 14.7. The summed E-state index contributed by atoms with van der Waals surface area (Å²) in [6.07, 6.45) is 0.994. The standard InChI is InChI=1S/C20H18ClF2N3OS/c1-12(2)28-19-24-11-25-26(19)10-20(15-8-7-13(22)9-17(15)23)18(27-20)14-5-3-4-6-16(14)21/h3-9,11-12,18H,10H2,1-2H3/t18-,20-/m0/s1. The van der Waals surface area contributed by atoms with Crippen LogP contribution in [0.25, 0.3) is 0 Å². The summed E-state index contributed by atoms with van der Waals surface area (Å²) in [5, 5.41) is 5.85. The molecule has 0 aliphatic carbocycles. The number of thioether (sulfide) groups is 1. The molecule has 1 aliphatic rings. The van der Waals surface area contributed by atoms with E-state index in [4.69, 9.17) is 16.3 Å². The first-order valence-electron chi connectivity index (χ1n) is 8.83. The van der Waals surface area contributed by atoms with Gasteiger partial charge >= 0.3 is 0 Å². The number of rotatable bonds is 6. The van der Waals surface area contributed by atoms with Gasteiger partial charge in [-0.15, -0.1) is 0 Å². The maximum Gasteiger partial charge on any atom is 0.186 e. The Bertz CT molecular complexity index is 1010. The molecule has 0 radical (unpaired) electrons. The monoisotopic (exact) mass is 421 g/mol. The van der Waals surface area contributed by atoms with Gasteiger partial charge in [-0.2, -0.15) is 5.10 Å². The van der Waals surface area contributed by atoms with Gasteiger partial charge in [0.25, 0.3) is 0 Å². The number of epoxide rings is 1. The number of nitrogens with zero attached hydrogens (tertiary/aromatic N) is 3. The minimum absolute atomic E-state index is 0.237. The molecule has 146 valence electrons. The number of benzene rings is 2. The third-order valence-corrected chi connectivity index (χ3v) is 5.92. The predicted molar refractivity (Wildman–Crippen MR) is 104 cm³/mol. The largest absolute Gasteiger partial charge is 0.354 e. The number of hydrogen-bond acceptors (Lipinski definition) is 4. The zero-order valence-electron chi connectivity index (χ0n) is 15.3. The SMILES string of the molecule is CC(C)Sc1ncnn1C[C@@]1(c2ccc(F)cc2F)O[C@H]1c1ccccc1Cl. The third-order valence-electron chi connectivity index (χ3n) is 4.57. The summed E-state index contributed by atoms with van der Waals surface area (Å²) in [6.45, 7) is 4.35. The molecular weight excluding hydrogens is 404 g/mol. The summed E-state index contributed by atoms with van der Waals surface area (Å²) in [5.41, 5.74) is -0.0103. The highest BCUT2D eigenvalue weighted by Gasteiger charge is 2.61. The molecule has 0 amide bonds. The van der Waals surface area contributed by atoms with Gasteiger partial charge in [0.2, 0.25) is 0 Å². The molecule has 0 N–H and O–H groups in total. The van der Waals surface area contributed by atoms with Crippen molar-refractivity contribution < 1.29 is 13.5 Å². The second-order valence-electron chi connectivity index (χ2n) is 6.90. The molecule has 28 heavy (non-hydrogen) atoms. The van der Waals surface area contributed by atoms with Crippen molar-refractivity contribution in [2.45, 2.75) is 42.5 Å². The minimum atomic E-state index is -1.04. The highest BCUT2D eigenvalue weighted by atomic mass is 35.5. The van der Waals surface area contributed by atoms with E-state index in [2.05, 4.69) is 23.9 Å². The molecule has 2 atom stereocenters. The highest BCUT2D eigenvalue weighted by molar-refractivity contribution is 7.99. The third kappa shape index (κ3) is 3.54. The molecule has 4 rings (SSSR count). The molecule has 1 aromatic heterocycles. The molecule has 1 aliphatic heterocycles. The molecule has 1 saturated heterocycles. The Morgan fingerprint density at radius 2 is 2.04 bits per heavy atom. The lowest BCUT2D eigenvalue weighted by Crippen LogP contribution is -2.22. The molecule has 1 fully saturated rings. The normalized spacial score (nSPS) is 21.3. The second-order valence-corrected chi connectivity index (χ2v) is 8.85. The van der Waals surface area contributed by atoms with Gasteiger partial charge in [0.1, 0.15) is 29.7 Å². The van der Waals surface area contributed by atoms with Crippen LogP contribution in [0.4, 0.5) is 8.78 Å². The zero-order chi connectivity index (χ0) is 19.9. The number of hydrogen-bond donors (Lipinski definition) is 0.